The predicted molar refractivity (Wildman–Crippen MR) is 150 cm³/mol. The van der Waals surface area contributed by atoms with Gasteiger partial charge in [-0.1, -0.05) is 90.7 Å². The molecular weight excluding hydrogens is 488 g/mol. The van der Waals surface area contributed by atoms with Crippen LogP contribution in [0.5, 0.6) is 0 Å². The molecule has 36 heavy (non-hydrogen) atoms. The third-order valence-electron chi connectivity index (χ3n) is 5.99. The van der Waals surface area contributed by atoms with E-state index in [1.165, 1.54) is 16.2 Å². The Balaban J connectivity index is 1.50. The largest absolute Gasteiger partial charge is 0.355 e. The smallest absolute Gasteiger partial charge is 0.267 e. The van der Waals surface area contributed by atoms with E-state index in [9.17, 15) is 9.59 Å². The Kier molecular flexibility index (Phi) is 6.97. The van der Waals surface area contributed by atoms with Gasteiger partial charge < -0.3 is 4.90 Å². The van der Waals surface area contributed by atoms with E-state index < -0.39 is 0 Å². The van der Waals surface area contributed by atoms with Gasteiger partial charge in [-0.05, 0) is 35.8 Å². The molecule has 0 aliphatic carbocycles. The molecule has 2 aromatic heterocycles. The van der Waals surface area contributed by atoms with E-state index in [1.807, 2.05) is 78.7 Å². The highest BCUT2D eigenvalue weighted by Gasteiger charge is 2.32. The number of hydrogen-bond acceptors (Lipinski definition) is 6. The molecule has 5 rings (SSSR count). The quantitative estimate of drug-likeness (QED) is 0.263. The Labute approximate surface area is 218 Å². The Morgan fingerprint density at radius 3 is 2.33 bits per heavy atom. The average Bonchev–Trinajstić information content (AvgIpc) is 3.17. The van der Waals surface area contributed by atoms with Gasteiger partial charge in [0.15, 0.2) is 0 Å². The third kappa shape index (κ3) is 4.96. The van der Waals surface area contributed by atoms with Crippen LogP contribution >= 0.6 is 24.0 Å². The summed E-state index contributed by atoms with van der Waals surface area (Å²) in [5, 5.41) is 0. The Bertz CT molecular complexity index is 1520. The van der Waals surface area contributed by atoms with Crippen LogP contribution in [0.15, 0.2) is 94.8 Å². The molecule has 0 saturated carbocycles. The summed E-state index contributed by atoms with van der Waals surface area (Å²) in [6, 6.07) is 25.4. The zero-order valence-corrected chi connectivity index (χ0v) is 21.3. The first-order valence-electron chi connectivity index (χ1n) is 11.6. The molecule has 0 atom stereocenters. The van der Waals surface area contributed by atoms with Gasteiger partial charge in [0.2, 0.25) is 0 Å². The second kappa shape index (κ2) is 10.5. The van der Waals surface area contributed by atoms with Gasteiger partial charge >= 0.3 is 0 Å². The Hall–Kier alpha value is -3.75. The second-order valence-corrected chi connectivity index (χ2v) is 10.2. The number of aromatic nitrogens is 2. The zero-order valence-electron chi connectivity index (χ0n) is 19.7. The number of pyridine rings is 1. The van der Waals surface area contributed by atoms with Gasteiger partial charge in [0.25, 0.3) is 11.5 Å². The van der Waals surface area contributed by atoms with Gasteiger partial charge in [-0.2, -0.15) is 0 Å². The van der Waals surface area contributed by atoms with Gasteiger partial charge in [-0.25, -0.2) is 4.98 Å². The van der Waals surface area contributed by atoms with E-state index in [0.29, 0.717) is 45.8 Å². The lowest BCUT2D eigenvalue weighted by molar-refractivity contribution is -0.122. The van der Waals surface area contributed by atoms with E-state index in [-0.39, 0.29) is 11.5 Å². The molecule has 3 heterocycles. The van der Waals surface area contributed by atoms with E-state index in [0.717, 1.165) is 11.1 Å². The van der Waals surface area contributed by atoms with Gasteiger partial charge in [0.05, 0.1) is 10.5 Å². The molecule has 8 heteroatoms. The Morgan fingerprint density at radius 1 is 0.944 bits per heavy atom. The van der Waals surface area contributed by atoms with Crippen molar-refractivity contribution < 1.29 is 4.79 Å². The van der Waals surface area contributed by atoms with Crippen molar-refractivity contribution in [2.75, 3.05) is 18.5 Å². The molecule has 0 N–H and O–H groups in total. The lowest BCUT2D eigenvalue weighted by Gasteiger charge is -2.21. The number of fused-ring (bicyclic) bond motifs is 1. The van der Waals surface area contributed by atoms with Crippen molar-refractivity contribution in [2.24, 2.45) is 0 Å². The first-order chi connectivity index (χ1) is 17.5. The SMILES string of the molecule is CN(Cc1ccccc1)c1nc2ccccn2c(=O)c1/C=C1/SC(=S)N(CCc2ccccc2)C1=O. The summed E-state index contributed by atoms with van der Waals surface area (Å²) in [5.41, 5.74) is 2.90. The minimum absolute atomic E-state index is 0.185. The van der Waals surface area contributed by atoms with E-state index >= 15 is 0 Å². The number of anilines is 1. The highest BCUT2D eigenvalue weighted by Crippen LogP contribution is 2.33. The van der Waals surface area contributed by atoms with Gasteiger partial charge in [0.1, 0.15) is 15.8 Å². The van der Waals surface area contributed by atoms with E-state index in [2.05, 4.69) is 0 Å². The molecule has 0 spiro atoms. The number of carbonyl (C=O) groups excluding carboxylic acids is 1. The summed E-state index contributed by atoms with van der Waals surface area (Å²) < 4.78 is 2.00. The normalized spacial score (nSPS) is 14.7. The molecule has 1 aliphatic rings. The number of thioether (sulfide) groups is 1. The van der Waals surface area contributed by atoms with Crippen LogP contribution in [0, 0.1) is 0 Å². The molecule has 4 aromatic rings. The number of hydrogen-bond donors (Lipinski definition) is 0. The summed E-state index contributed by atoms with van der Waals surface area (Å²) >= 11 is 6.75. The highest BCUT2D eigenvalue weighted by molar-refractivity contribution is 8.26. The maximum Gasteiger partial charge on any atom is 0.267 e. The molecule has 6 nitrogen and oxygen atoms in total. The van der Waals surface area contributed by atoms with Crippen molar-refractivity contribution in [3.8, 4) is 0 Å². The van der Waals surface area contributed by atoms with Crippen LogP contribution < -0.4 is 10.5 Å². The monoisotopic (exact) mass is 512 g/mol. The number of thiocarbonyl (C=S) groups is 1. The fourth-order valence-electron chi connectivity index (χ4n) is 4.15. The van der Waals surface area contributed by atoms with Crippen molar-refractivity contribution in [2.45, 2.75) is 13.0 Å². The maximum absolute atomic E-state index is 13.6. The molecule has 1 aliphatic heterocycles. The van der Waals surface area contributed by atoms with E-state index in [1.54, 1.807) is 29.3 Å². The summed E-state index contributed by atoms with van der Waals surface area (Å²) in [6.45, 7) is 1.05. The minimum atomic E-state index is -0.231. The van der Waals surface area contributed by atoms with Gasteiger partial charge in [-0.3, -0.25) is 18.9 Å². The fraction of sp³-hybridized carbons (Fsp3) is 0.143. The lowest BCUT2D eigenvalue weighted by Crippen LogP contribution is -2.30. The number of amides is 1. The minimum Gasteiger partial charge on any atom is -0.355 e. The van der Waals surface area contributed by atoms with Crippen LogP contribution in [0.1, 0.15) is 16.7 Å². The van der Waals surface area contributed by atoms with Crippen LogP contribution in [-0.2, 0) is 17.8 Å². The summed E-state index contributed by atoms with van der Waals surface area (Å²) in [4.78, 5) is 35.6. The van der Waals surface area contributed by atoms with Gasteiger partial charge in [0, 0.05) is 26.3 Å². The molecule has 2 aromatic carbocycles. The number of nitrogens with zero attached hydrogens (tertiary/aromatic N) is 4. The lowest BCUT2D eigenvalue weighted by atomic mass is 10.1. The fourth-order valence-corrected chi connectivity index (χ4v) is 5.44. The molecule has 180 valence electrons. The van der Waals surface area contributed by atoms with Crippen LogP contribution in [-0.4, -0.2) is 38.1 Å². The number of benzene rings is 2. The van der Waals surface area contributed by atoms with Crippen LogP contribution in [0.4, 0.5) is 5.82 Å². The second-order valence-electron chi connectivity index (χ2n) is 8.49. The molecule has 1 fully saturated rings. The average molecular weight is 513 g/mol. The summed E-state index contributed by atoms with van der Waals surface area (Å²) in [6.07, 6.45) is 4.04. The number of carbonyl (C=O) groups is 1. The third-order valence-corrected chi connectivity index (χ3v) is 7.37. The predicted octanol–water partition coefficient (Wildman–Crippen LogP) is 4.77. The maximum atomic E-state index is 13.6. The number of rotatable bonds is 7. The Morgan fingerprint density at radius 2 is 1.61 bits per heavy atom. The topological polar surface area (TPSA) is 57.9 Å². The first kappa shape index (κ1) is 24.0. The van der Waals surface area contributed by atoms with Crippen molar-refractivity contribution in [1.29, 1.82) is 0 Å². The van der Waals surface area contributed by atoms with E-state index in [4.69, 9.17) is 17.2 Å². The molecule has 1 saturated heterocycles. The van der Waals surface area contributed by atoms with Crippen molar-refractivity contribution >= 4 is 51.7 Å². The van der Waals surface area contributed by atoms with Crippen molar-refractivity contribution in [3.63, 3.8) is 0 Å². The molecule has 0 radical (unpaired) electrons. The zero-order chi connectivity index (χ0) is 25.1. The highest BCUT2D eigenvalue weighted by atomic mass is 32.2. The van der Waals surface area contributed by atoms with Crippen molar-refractivity contribution in [1.82, 2.24) is 14.3 Å². The first-order valence-corrected chi connectivity index (χ1v) is 12.8. The molecular formula is C28H24N4O2S2. The molecule has 0 bridgehead atoms. The molecule has 0 unspecified atom stereocenters. The standard InChI is InChI=1S/C28H24N4O2S2/c1-30(19-21-12-6-3-7-13-21)25-22(26(33)31-16-9-8-14-24(31)29-25)18-23-27(34)32(28(35)36-23)17-15-20-10-4-2-5-11-20/h2-14,16,18H,15,17,19H2,1H3/b23-18+. The summed E-state index contributed by atoms with van der Waals surface area (Å²) in [5.74, 6) is 0.333. The summed E-state index contributed by atoms with van der Waals surface area (Å²) in [7, 11) is 1.90. The van der Waals surface area contributed by atoms with Gasteiger partial charge in [-0.15, -0.1) is 0 Å². The van der Waals surface area contributed by atoms with Crippen LogP contribution in [0.25, 0.3) is 11.7 Å². The van der Waals surface area contributed by atoms with Crippen LogP contribution in [0.2, 0.25) is 0 Å². The van der Waals surface area contributed by atoms with Crippen molar-refractivity contribution in [3.05, 3.63) is 117 Å². The van der Waals surface area contributed by atoms with Crippen LogP contribution in [0.3, 0.4) is 0 Å². The molecule has 1 amide bonds.